The maximum Gasteiger partial charge on any atom is 0.162 e. The summed E-state index contributed by atoms with van der Waals surface area (Å²) in [6.07, 6.45) is 1.63. The Balaban J connectivity index is 2.78. The summed E-state index contributed by atoms with van der Waals surface area (Å²) in [5.74, 6) is 1.31. The van der Waals surface area contributed by atoms with E-state index >= 15 is 0 Å². The predicted octanol–water partition coefficient (Wildman–Crippen LogP) is 1.88. The lowest BCUT2D eigenvalue weighted by molar-refractivity contribution is 0.356. The molecule has 0 saturated carbocycles. The van der Waals surface area contributed by atoms with Gasteiger partial charge in [-0.3, -0.25) is 4.98 Å². The molecule has 0 amide bonds. The minimum absolute atomic E-state index is 0.604. The molecule has 0 radical (unpaired) electrons. The number of anilines is 2. The standard InChI is InChI=1S/C12H15N3O2/c1-14-12-7-4-10(16-2)11(17-3)5-9(7)15-6-8(12)13/h4-6H,13H2,1-3H3,(H,14,15). The van der Waals surface area contributed by atoms with Crippen LogP contribution in [-0.2, 0) is 0 Å². The monoisotopic (exact) mass is 233 g/mol. The Morgan fingerprint density at radius 3 is 2.41 bits per heavy atom. The van der Waals surface area contributed by atoms with Crippen molar-refractivity contribution in [3.05, 3.63) is 18.3 Å². The van der Waals surface area contributed by atoms with E-state index in [1.807, 2.05) is 19.2 Å². The second-order valence-corrected chi connectivity index (χ2v) is 3.56. The van der Waals surface area contributed by atoms with E-state index in [1.165, 1.54) is 0 Å². The lowest BCUT2D eigenvalue weighted by Gasteiger charge is -2.12. The summed E-state index contributed by atoms with van der Waals surface area (Å²) >= 11 is 0. The SMILES string of the molecule is CNc1c(N)cnc2cc(OC)c(OC)cc12. The predicted molar refractivity (Wildman–Crippen MR) is 68.8 cm³/mol. The minimum Gasteiger partial charge on any atom is -0.493 e. The summed E-state index contributed by atoms with van der Waals surface area (Å²) in [5, 5.41) is 3.97. The average Bonchev–Trinajstić information content (AvgIpc) is 2.37. The third kappa shape index (κ3) is 1.80. The fourth-order valence-electron chi connectivity index (χ4n) is 1.81. The molecule has 2 rings (SSSR count). The Hall–Kier alpha value is -2.17. The number of ether oxygens (including phenoxy) is 2. The van der Waals surface area contributed by atoms with Crippen LogP contribution >= 0.6 is 0 Å². The lowest BCUT2D eigenvalue weighted by atomic mass is 10.1. The highest BCUT2D eigenvalue weighted by atomic mass is 16.5. The van der Waals surface area contributed by atoms with Crippen LogP contribution in [0.4, 0.5) is 11.4 Å². The van der Waals surface area contributed by atoms with Crippen LogP contribution in [0, 0.1) is 0 Å². The first-order valence-electron chi connectivity index (χ1n) is 5.19. The molecule has 90 valence electrons. The zero-order chi connectivity index (χ0) is 12.4. The summed E-state index contributed by atoms with van der Waals surface area (Å²) in [6, 6.07) is 3.69. The van der Waals surface area contributed by atoms with Gasteiger partial charge in [0.1, 0.15) is 0 Å². The van der Waals surface area contributed by atoms with Crippen molar-refractivity contribution in [2.45, 2.75) is 0 Å². The molecule has 0 atom stereocenters. The number of aromatic nitrogens is 1. The Kier molecular flexibility index (Phi) is 2.91. The quantitative estimate of drug-likeness (QED) is 0.847. The largest absolute Gasteiger partial charge is 0.493 e. The Bertz CT molecular complexity index is 555. The van der Waals surface area contributed by atoms with Gasteiger partial charge in [-0.05, 0) is 6.07 Å². The number of nitrogens with one attached hydrogen (secondary N) is 1. The number of rotatable bonds is 3. The van der Waals surface area contributed by atoms with Crippen molar-refractivity contribution in [3.63, 3.8) is 0 Å². The van der Waals surface area contributed by atoms with E-state index in [4.69, 9.17) is 15.2 Å². The van der Waals surface area contributed by atoms with Crippen LogP contribution < -0.4 is 20.5 Å². The van der Waals surface area contributed by atoms with Gasteiger partial charge in [-0.2, -0.15) is 0 Å². The Morgan fingerprint density at radius 2 is 1.82 bits per heavy atom. The fourth-order valence-corrected chi connectivity index (χ4v) is 1.81. The normalized spacial score (nSPS) is 10.3. The van der Waals surface area contributed by atoms with E-state index in [1.54, 1.807) is 20.4 Å². The van der Waals surface area contributed by atoms with Crippen molar-refractivity contribution in [2.75, 3.05) is 32.3 Å². The Labute approximate surface area is 99.5 Å². The first kappa shape index (κ1) is 11.3. The number of nitrogens with two attached hydrogens (primary N) is 1. The molecule has 1 heterocycles. The van der Waals surface area contributed by atoms with Gasteiger partial charge in [0.15, 0.2) is 11.5 Å². The van der Waals surface area contributed by atoms with Gasteiger partial charge in [0.2, 0.25) is 0 Å². The summed E-state index contributed by atoms with van der Waals surface area (Å²) in [5.41, 5.74) is 8.12. The molecule has 0 saturated heterocycles. The number of methoxy groups -OCH3 is 2. The molecule has 0 aliphatic carbocycles. The molecule has 0 aliphatic rings. The van der Waals surface area contributed by atoms with Gasteiger partial charge in [-0.1, -0.05) is 0 Å². The molecular weight excluding hydrogens is 218 g/mol. The zero-order valence-electron chi connectivity index (χ0n) is 10.1. The smallest absolute Gasteiger partial charge is 0.162 e. The molecule has 3 N–H and O–H groups in total. The van der Waals surface area contributed by atoms with Gasteiger partial charge in [-0.15, -0.1) is 0 Å². The van der Waals surface area contributed by atoms with Crippen LogP contribution in [0.25, 0.3) is 10.9 Å². The lowest BCUT2D eigenvalue weighted by Crippen LogP contribution is -1.99. The molecule has 2 aromatic rings. The molecule has 0 bridgehead atoms. The third-order valence-corrected chi connectivity index (χ3v) is 2.65. The van der Waals surface area contributed by atoms with Gasteiger partial charge >= 0.3 is 0 Å². The molecule has 0 spiro atoms. The summed E-state index contributed by atoms with van der Waals surface area (Å²) in [4.78, 5) is 4.27. The number of hydrogen-bond acceptors (Lipinski definition) is 5. The number of benzene rings is 1. The molecule has 1 aromatic heterocycles. The van der Waals surface area contributed by atoms with E-state index in [0.717, 1.165) is 16.6 Å². The number of fused-ring (bicyclic) bond motifs is 1. The Morgan fingerprint density at radius 1 is 1.18 bits per heavy atom. The van der Waals surface area contributed by atoms with Gasteiger partial charge < -0.3 is 20.5 Å². The van der Waals surface area contributed by atoms with Gasteiger partial charge in [0.25, 0.3) is 0 Å². The highest BCUT2D eigenvalue weighted by Gasteiger charge is 2.11. The number of nitrogen functional groups attached to an aromatic ring is 1. The van der Waals surface area contributed by atoms with Crippen molar-refractivity contribution in [1.82, 2.24) is 4.98 Å². The maximum atomic E-state index is 5.86. The van der Waals surface area contributed by atoms with Gasteiger partial charge in [0, 0.05) is 18.5 Å². The van der Waals surface area contributed by atoms with Crippen LogP contribution in [0.2, 0.25) is 0 Å². The molecule has 1 aromatic carbocycles. The molecule has 5 nitrogen and oxygen atoms in total. The van der Waals surface area contributed by atoms with Gasteiger partial charge in [0.05, 0.1) is 37.3 Å². The second kappa shape index (κ2) is 4.37. The van der Waals surface area contributed by atoms with E-state index in [9.17, 15) is 0 Å². The minimum atomic E-state index is 0.604. The van der Waals surface area contributed by atoms with Crippen LogP contribution in [0.15, 0.2) is 18.3 Å². The average molecular weight is 233 g/mol. The van der Waals surface area contributed by atoms with E-state index in [0.29, 0.717) is 17.2 Å². The van der Waals surface area contributed by atoms with Gasteiger partial charge in [-0.25, -0.2) is 0 Å². The summed E-state index contributed by atoms with van der Waals surface area (Å²) in [7, 11) is 5.02. The van der Waals surface area contributed by atoms with Crippen molar-refractivity contribution < 1.29 is 9.47 Å². The van der Waals surface area contributed by atoms with Crippen molar-refractivity contribution in [1.29, 1.82) is 0 Å². The number of pyridine rings is 1. The maximum absolute atomic E-state index is 5.86. The molecule has 5 heteroatoms. The molecule has 0 aliphatic heterocycles. The fraction of sp³-hybridized carbons (Fsp3) is 0.250. The third-order valence-electron chi connectivity index (χ3n) is 2.65. The first-order chi connectivity index (χ1) is 8.21. The van der Waals surface area contributed by atoms with E-state index in [-0.39, 0.29) is 0 Å². The van der Waals surface area contributed by atoms with Crippen molar-refractivity contribution >= 4 is 22.3 Å². The number of hydrogen-bond donors (Lipinski definition) is 2. The highest BCUT2D eigenvalue weighted by molar-refractivity contribution is 5.98. The molecule has 0 fully saturated rings. The van der Waals surface area contributed by atoms with Crippen LogP contribution in [0.3, 0.4) is 0 Å². The molecule has 17 heavy (non-hydrogen) atoms. The van der Waals surface area contributed by atoms with E-state index < -0.39 is 0 Å². The van der Waals surface area contributed by atoms with Crippen molar-refractivity contribution in [3.8, 4) is 11.5 Å². The number of nitrogens with zero attached hydrogens (tertiary/aromatic N) is 1. The van der Waals surface area contributed by atoms with Crippen LogP contribution in [0.5, 0.6) is 11.5 Å². The second-order valence-electron chi connectivity index (χ2n) is 3.56. The molecular formula is C12H15N3O2. The van der Waals surface area contributed by atoms with Crippen LogP contribution in [0.1, 0.15) is 0 Å². The van der Waals surface area contributed by atoms with Crippen LogP contribution in [-0.4, -0.2) is 26.3 Å². The molecule has 0 unspecified atom stereocenters. The van der Waals surface area contributed by atoms with Crippen molar-refractivity contribution in [2.24, 2.45) is 0 Å². The first-order valence-corrected chi connectivity index (χ1v) is 5.19. The summed E-state index contributed by atoms with van der Waals surface area (Å²) < 4.78 is 10.5. The van der Waals surface area contributed by atoms with E-state index in [2.05, 4.69) is 10.3 Å². The topological polar surface area (TPSA) is 69.4 Å². The summed E-state index contributed by atoms with van der Waals surface area (Å²) in [6.45, 7) is 0. The highest BCUT2D eigenvalue weighted by Crippen LogP contribution is 2.36. The zero-order valence-corrected chi connectivity index (χ0v) is 10.1.